The lowest BCUT2D eigenvalue weighted by Gasteiger charge is -2.37. The molecule has 0 spiro atoms. The van der Waals surface area contributed by atoms with Crippen LogP contribution in [0.4, 0.5) is 0 Å². The average molecular weight is 984 g/mol. The maximum atomic E-state index is 11.5. The maximum Gasteiger partial charge on any atom is 0.309 e. The van der Waals surface area contributed by atoms with E-state index in [9.17, 15) is 19.8 Å². The lowest BCUT2D eigenvalue weighted by molar-refractivity contribution is -0.148. The van der Waals surface area contributed by atoms with Gasteiger partial charge in [-0.3, -0.25) is 39.3 Å². The Hall–Kier alpha value is -6.84. The van der Waals surface area contributed by atoms with Crippen LogP contribution in [0.1, 0.15) is 61.7 Å². The summed E-state index contributed by atoms with van der Waals surface area (Å²) in [5, 5.41) is 19.8. The summed E-state index contributed by atoms with van der Waals surface area (Å²) in [6, 6.07) is 23.7. The predicted molar refractivity (Wildman–Crippen MR) is 268 cm³/mol. The number of carbonyl (C=O) groups is 2. The van der Waals surface area contributed by atoms with Crippen molar-refractivity contribution in [1.82, 2.24) is 19.8 Å². The Morgan fingerprint density at radius 1 is 0.643 bits per heavy atom. The van der Waals surface area contributed by atoms with Gasteiger partial charge in [0.25, 0.3) is 0 Å². The van der Waals surface area contributed by atoms with Crippen LogP contribution in [0.25, 0.3) is 11.1 Å². The van der Waals surface area contributed by atoms with E-state index >= 15 is 0 Å². The number of nitrogens with zero attached hydrogens (tertiary/aromatic N) is 6. The van der Waals surface area contributed by atoms with Gasteiger partial charge in [0.2, 0.25) is 0 Å². The first-order valence-corrected chi connectivity index (χ1v) is 23.7. The minimum atomic E-state index is -0.798. The van der Waals surface area contributed by atoms with Crippen LogP contribution in [0.2, 0.25) is 10.0 Å². The van der Waals surface area contributed by atoms with Crippen molar-refractivity contribution in [3.05, 3.63) is 163 Å². The quantitative estimate of drug-likeness (QED) is 0.0657. The zero-order valence-corrected chi connectivity index (χ0v) is 40.5. The largest absolute Gasteiger partial charge is 0.488 e. The number of hydrogen-bond acceptors (Lipinski definition) is 12. The molecule has 1 atom stereocenters. The third-order valence-corrected chi connectivity index (χ3v) is 13.5. The van der Waals surface area contributed by atoms with Crippen LogP contribution >= 0.6 is 23.2 Å². The summed E-state index contributed by atoms with van der Waals surface area (Å²) < 4.78 is 25.7. The topological polar surface area (TPSA) is 168 Å². The number of aliphatic carboxylic acids is 2. The number of rotatable bonds is 21. The van der Waals surface area contributed by atoms with E-state index in [1.54, 1.807) is 38.0 Å². The number of hydrogen-bond donors (Lipinski definition) is 2. The van der Waals surface area contributed by atoms with Gasteiger partial charge in [-0.1, -0.05) is 59.6 Å². The van der Waals surface area contributed by atoms with E-state index in [0.717, 1.165) is 66.8 Å². The van der Waals surface area contributed by atoms with E-state index in [2.05, 4.69) is 55.7 Å². The van der Waals surface area contributed by atoms with E-state index in [1.807, 2.05) is 66.9 Å². The Morgan fingerprint density at radius 3 is 1.59 bits per heavy atom. The fraction of sp³-hybridized carbons (Fsp3) is 0.296. The Labute approximate surface area is 416 Å². The van der Waals surface area contributed by atoms with Crippen LogP contribution in [0.5, 0.6) is 23.0 Å². The number of carboxylic acid groups (broad SMARTS) is 2. The van der Waals surface area contributed by atoms with E-state index in [-0.39, 0.29) is 32.5 Å². The second-order valence-electron chi connectivity index (χ2n) is 18.0. The first-order chi connectivity index (χ1) is 33.9. The lowest BCUT2D eigenvalue weighted by Crippen LogP contribution is -2.49. The molecule has 5 heterocycles. The molecule has 2 saturated heterocycles. The molecule has 3 aliphatic rings. The molecule has 2 aromatic heterocycles. The fourth-order valence-corrected chi connectivity index (χ4v) is 9.23. The monoisotopic (exact) mass is 982 g/mol. The van der Waals surface area contributed by atoms with Crippen molar-refractivity contribution in [2.75, 3.05) is 33.2 Å². The summed E-state index contributed by atoms with van der Waals surface area (Å²) in [4.78, 5) is 44.2. The second kappa shape index (κ2) is 21.4. The normalized spacial score (nSPS) is 15.9. The average Bonchev–Trinajstić information content (AvgIpc) is 4.17. The van der Waals surface area contributed by atoms with E-state index in [4.69, 9.17) is 42.1 Å². The highest BCUT2D eigenvalue weighted by Crippen LogP contribution is 2.39. The van der Waals surface area contributed by atoms with Crippen molar-refractivity contribution >= 4 is 47.6 Å². The van der Waals surface area contributed by atoms with Gasteiger partial charge in [0.15, 0.2) is 0 Å². The molecule has 6 aromatic rings. The van der Waals surface area contributed by atoms with Gasteiger partial charge in [0, 0.05) is 129 Å². The fourth-order valence-electron chi connectivity index (χ4n) is 8.75. The van der Waals surface area contributed by atoms with E-state index in [1.165, 1.54) is 0 Å². The van der Waals surface area contributed by atoms with Crippen molar-refractivity contribution < 1.29 is 38.7 Å². The van der Waals surface area contributed by atoms with Gasteiger partial charge in [0.1, 0.15) is 55.5 Å². The number of pyridine rings is 2. The van der Waals surface area contributed by atoms with Crippen molar-refractivity contribution in [2.24, 2.45) is 21.8 Å². The highest BCUT2D eigenvalue weighted by Gasteiger charge is 2.34. The third kappa shape index (κ3) is 11.4. The molecule has 9 rings (SSSR count). The first kappa shape index (κ1) is 48.2. The number of halogens is 2. The zero-order valence-electron chi connectivity index (χ0n) is 39.0. The van der Waals surface area contributed by atoms with Crippen molar-refractivity contribution in [1.29, 1.82) is 0 Å². The molecule has 0 aliphatic carbocycles. The summed E-state index contributed by atoms with van der Waals surface area (Å²) in [7, 11) is 1.71. The molecule has 360 valence electrons. The molecular weight excluding hydrogens is 932 g/mol. The number of aliphatic imine (C=N–C) groups is 2. The Kier molecular flexibility index (Phi) is 14.8. The Balaban J connectivity index is 0.901. The molecule has 2 N–H and O–H groups in total. The third-order valence-electron chi connectivity index (χ3n) is 12.9. The lowest BCUT2D eigenvalue weighted by atomic mass is 9.92. The van der Waals surface area contributed by atoms with Crippen LogP contribution in [0, 0.1) is 25.7 Å². The van der Waals surface area contributed by atoms with Gasteiger partial charge in [-0.25, -0.2) is 0 Å². The van der Waals surface area contributed by atoms with E-state index < -0.39 is 23.8 Å². The summed E-state index contributed by atoms with van der Waals surface area (Å²) >= 11 is 13.8. The molecule has 70 heavy (non-hydrogen) atoms. The van der Waals surface area contributed by atoms with Gasteiger partial charge in [0.05, 0.1) is 21.9 Å². The summed E-state index contributed by atoms with van der Waals surface area (Å²) in [6.07, 6.45) is 10.7. The smallest absolute Gasteiger partial charge is 0.309 e. The molecule has 0 amide bonds. The van der Waals surface area contributed by atoms with Gasteiger partial charge in [-0.05, 0) is 71.5 Å². The Morgan fingerprint density at radius 2 is 1.11 bits per heavy atom. The van der Waals surface area contributed by atoms with Crippen molar-refractivity contribution in [3.63, 3.8) is 0 Å². The SMILES string of the molecule is CN=Cc1cncc(COc2cc(OCc3cccc(-c4cccc(COc5cc(OCc6cncc(C7C=N7)c6)c(CN6CC(C(=O)O)C6)cc5Cl)c4C)c3C)c(Cl)cc2CN2CC(C(=O)O)C2)c1. The molecule has 0 saturated carbocycles. The molecule has 0 radical (unpaired) electrons. The van der Waals surface area contributed by atoms with Gasteiger partial charge < -0.3 is 29.2 Å². The number of ether oxygens (including phenoxy) is 4. The highest BCUT2D eigenvalue weighted by atomic mass is 35.5. The first-order valence-electron chi connectivity index (χ1n) is 23.0. The minimum Gasteiger partial charge on any atom is -0.488 e. The number of carboxylic acids is 2. The zero-order chi connectivity index (χ0) is 48.9. The number of likely N-dealkylation sites (tertiary alicyclic amines) is 2. The van der Waals surface area contributed by atoms with Crippen LogP contribution in [0.15, 0.2) is 108 Å². The van der Waals surface area contributed by atoms with E-state index in [0.29, 0.717) is 72.3 Å². The maximum absolute atomic E-state index is 11.5. The number of aromatic nitrogens is 2. The summed E-state index contributed by atoms with van der Waals surface area (Å²) in [5.74, 6) is -0.282. The highest BCUT2D eigenvalue weighted by molar-refractivity contribution is 6.32. The van der Waals surface area contributed by atoms with Gasteiger partial charge in [-0.15, -0.1) is 0 Å². The van der Waals surface area contributed by atoms with Crippen LogP contribution in [-0.4, -0.2) is 87.6 Å². The molecule has 3 aliphatic heterocycles. The minimum absolute atomic E-state index is 0.0701. The molecule has 4 aromatic carbocycles. The summed E-state index contributed by atoms with van der Waals surface area (Å²) in [5.41, 5.74) is 11.4. The van der Waals surface area contributed by atoms with Crippen LogP contribution < -0.4 is 18.9 Å². The van der Waals surface area contributed by atoms with Gasteiger partial charge in [-0.2, -0.15) is 0 Å². The molecular formula is C54H52Cl2N6O8. The number of benzene rings is 4. The second-order valence-corrected chi connectivity index (χ2v) is 18.8. The standard InChI is InChI=1S/C54H52Cl2N6O8/c1-32-37(30-69-51-14-49(67-28-35-10-34(16-57-3)17-58-18-35)40(12-46(51)55)22-61-24-42(25-61)53(63)64)6-4-8-44(32)45-9-5-7-38(33(45)2)31-70-52-15-50(68-29-36-11-39(20-59-19-36)48-21-60-48)41(13-47(52)56)23-62-26-43(27-62)54(65)66/h4-21,42-43,48H,22-31H2,1-3H3,(H,63,64)(H,65,66). The molecule has 0 bridgehead atoms. The predicted octanol–water partition coefficient (Wildman–Crippen LogP) is 9.59. The molecule has 16 heteroatoms. The molecule has 1 unspecified atom stereocenters. The molecule has 2 fully saturated rings. The van der Waals surface area contributed by atoms with Crippen LogP contribution in [0.3, 0.4) is 0 Å². The van der Waals surface area contributed by atoms with Crippen LogP contribution in [-0.2, 0) is 49.1 Å². The Bertz CT molecular complexity index is 2980. The molecule has 14 nitrogen and oxygen atoms in total. The van der Waals surface area contributed by atoms with Gasteiger partial charge >= 0.3 is 11.9 Å². The summed E-state index contributed by atoms with van der Waals surface area (Å²) in [6.45, 7) is 7.89. The van der Waals surface area contributed by atoms with Crippen molar-refractivity contribution in [2.45, 2.75) is 59.4 Å². The van der Waals surface area contributed by atoms with Crippen molar-refractivity contribution in [3.8, 4) is 34.1 Å².